The zero-order chi connectivity index (χ0) is 9.97. The number of rotatable bonds is 1. The quantitative estimate of drug-likeness (QED) is 0.684. The van der Waals surface area contributed by atoms with Gasteiger partial charge < -0.3 is 0 Å². The zero-order valence-corrected chi connectivity index (χ0v) is 7.18. The summed E-state index contributed by atoms with van der Waals surface area (Å²) >= 11 is 0. The van der Waals surface area contributed by atoms with Gasteiger partial charge in [-0.15, -0.1) is 0 Å². The molecule has 0 saturated heterocycles. The Bertz CT molecular complexity index is 479. The fourth-order valence-corrected chi connectivity index (χ4v) is 1.12. The molecule has 2 aromatic rings. The lowest BCUT2D eigenvalue weighted by molar-refractivity contribution is 0.627. The first-order valence-corrected chi connectivity index (χ1v) is 4.01. The van der Waals surface area contributed by atoms with E-state index in [2.05, 4.69) is 5.10 Å². The Balaban J connectivity index is 2.40. The summed E-state index contributed by atoms with van der Waals surface area (Å²) in [6.07, 6.45) is 1.66. The highest BCUT2D eigenvalue weighted by atomic mass is 19.1. The van der Waals surface area contributed by atoms with E-state index in [1.807, 2.05) is 6.07 Å². The maximum absolute atomic E-state index is 12.6. The second-order valence-electron chi connectivity index (χ2n) is 2.73. The first-order chi connectivity index (χ1) is 6.79. The maximum Gasteiger partial charge on any atom is 0.162 e. The van der Waals surface area contributed by atoms with E-state index in [4.69, 9.17) is 5.26 Å². The minimum Gasteiger partial charge on any atom is -0.240 e. The van der Waals surface area contributed by atoms with Gasteiger partial charge in [-0.25, -0.2) is 9.07 Å². The summed E-state index contributed by atoms with van der Waals surface area (Å²) in [6.45, 7) is 0. The van der Waals surface area contributed by atoms with Crippen LogP contribution in [0.5, 0.6) is 0 Å². The zero-order valence-electron chi connectivity index (χ0n) is 7.18. The summed E-state index contributed by atoms with van der Waals surface area (Å²) in [5, 5.41) is 12.5. The molecule has 0 aliphatic carbocycles. The van der Waals surface area contributed by atoms with Gasteiger partial charge in [-0.2, -0.15) is 10.4 Å². The highest BCUT2D eigenvalue weighted by Crippen LogP contribution is 2.08. The molecule has 0 unspecified atom stereocenters. The van der Waals surface area contributed by atoms with E-state index in [-0.39, 0.29) is 5.82 Å². The third-order valence-electron chi connectivity index (χ3n) is 1.79. The third-order valence-corrected chi connectivity index (χ3v) is 1.79. The van der Waals surface area contributed by atoms with Gasteiger partial charge in [0.05, 0.1) is 5.69 Å². The van der Waals surface area contributed by atoms with Gasteiger partial charge in [-0.1, -0.05) is 0 Å². The smallest absolute Gasteiger partial charge is 0.162 e. The van der Waals surface area contributed by atoms with Crippen LogP contribution in [-0.4, -0.2) is 9.78 Å². The van der Waals surface area contributed by atoms with Crippen LogP contribution in [-0.2, 0) is 0 Å². The predicted molar refractivity (Wildman–Crippen MR) is 48.2 cm³/mol. The molecular formula is C10H6FN3. The Labute approximate surface area is 80.0 Å². The molecule has 1 aromatic heterocycles. The van der Waals surface area contributed by atoms with E-state index in [0.29, 0.717) is 5.69 Å². The summed E-state index contributed by atoms with van der Waals surface area (Å²) < 4.78 is 14.1. The van der Waals surface area contributed by atoms with Crippen LogP contribution in [0.4, 0.5) is 4.39 Å². The fraction of sp³-hybridized carbons (Fsp3) is 0. The molecular weight excluding hydrogens is 181 g/mol. The Morgan fingerprint density at radius 1 is 1.21 bits per heavy atom. The Morgan fingerprint density at radius 3 is 2.50 bits per heavy atom. The van der Waals surface area contributed by atoms with E-state index >= 15 is 0 Å². The normalized spacial score (nSPS) is 9.71. The van der Waals surface area contributed by atoms with Gasteiger partial charge >= 0.3 is 0 Å². The first kappa shape index (κ1) is 8.45. The highest BCUT2D eigenvalue weighted by molar-refractivity contribution is 5.32. The molecule has 3 nitrogen and oxygen atoms in total. The molecule has 0 fully saturated rings. The van der Waals surface area contributed by atoms with Crippen LogP contribution in [0.3, 0.4) is 0 Å². The molecule has 68 valence electrons. The maximum atomic E-state index is 12.6. The number of aromatic nitrogens is 2. The molecule has 14 heavy (non-hydrogen) atoms. The standard InChI is InChI=1S/C10H6FN3/c11-8-1-3-10(4-2-8)14-6-5-9(7-12)13-14/h1-6H. The predicted octanol–water partition coefficient (Wildman–Crippen LogP) is 1.88. The van der Waals surface area contributed by atoms with Crippen molar-refractivity contribution in [1.82, 2.24) is 9.78 Å². The van der Waals surface area contributed by atoms with Crippen LogP contribution in [0.15, 0.2) is 36.5 Å². The van der Waals surface area contributed by atoms with Crippen LogP contribution in [0, 0.1) is 17.1 Å². The van der Waals surface area contributed by atoms with Crippen molar-refractivity contribution in [3.63, 3.8) is 0 Å². The molecule has 0 N–H and O–H groups in total. The van der Waals surface area contributed by atoms with Crippen LogP contribution in [0.25, 0.3) is 5.69 Å². The number of hydrogen-bond acceptors (Lipinski definition) is 2. The van der Waals surface area contributed by atoms with Gasteiger partial charge in [0, 0.05) is 6.20 Å². The summed E-state index contributed by atoms with van der Waals surface area (Å²) in [5.41, 5.74) is 1.07. The topological polar surface area (TPSA) is 41.6 Å². The number of halogens is 1. The summed E-state index contributed by atoms with van der Waals surface area (Å²) in [6, 6.07) is 9.42. The molecule has 0 aliphatic rings. The van der Waals surface area contributed by atoms with Gasteiger partial charge in [0.25, 0.3) is 0 Å². The lowest BCUT2D eigenvalue weighted by atomic mass is 10.3. The molecule has 0 saturated carbocycles. The molecule has 4 heteroatoms. The fourth-order valence-electron chi connectivity index (χ4n) is 1.12. The minimum atomic E-state index is -0.290. The monoisotopic (exact) mass is 187 g/mol. The van der Waals surface area contributed by atoms with Crippen molar-refractivity contribution in [2.45, 2.75) is 0 Å². The largest absolute Gasteiger partial charge is 0.240 e. The lowest BCUT2D eigenvalue weighted by Gasteiger charge is -1.99. The third kappa shape index (κ3) is 1.48. The summed E-state index contributed by atoms with van der Waals surface area (Å²) in [7, 11) is 0. The van der Waals surface area contributed by atoms with E-state index in [9.17, 15) is 4.39 Å². The SMILES string of the molecule is N#Cc1ccn(-c2ccc(F)cc2)n1. The Hall–Kier alpha value is -2.15. The van der Waals surface area contributed by atoms with Gasteiger partial charge in [-0.05, 0) is 30.3 Å². The van der Waals surface area contributed by atoms with Crippen LogP contribution in [0.1, 0.15) is 5.69 Å². The average molecular weight is 187 g/mol. The van der Waals surface area contributed by atoms with Crippen molar-refractivity contribution in [3.05, 3.63) is 48.0 Å². The molecule has 1 heterocycles. The van der Waals surface area contributed by atoms with E-state index in [1.165, 1.54) is 16.8 Å². The van der Waals surface area contributed by atoms with Crippen molar-refractivity contribution in [1.29, 1.82) is 5.26 Å². The Kier molecular flexibility index (Phi) is 1.99. The first-order valence-electron chi connectivity index (χ1n) is 4.01. The molecule has 0 bridgehead atoms. The summed E-state index contributed by atoms with van der Waals surface area (Å²) in [5.74, 6) is -0.290. The Morgan fingerprint density at radius 2 is 1.93 bits per heavy atom. The lowest BCUT2D eigenvalue weighted by Crippen LogP contribution is -1.94. The molecule has 1 aromatic carbocycles. The van der Waals surface area contributed by atoms with E-state index in [0.717, 1.165) is 5.69 Å². The van der Waals surface area contributed by atoms with Crippen molar-refractivity contribution >= 4 is 0 Å². The van der Waals surface area contributed by atoms with Crippen molar-refractivity contribution in [3.8, 4) is 11.8 Å². The molecule has 0 atom stereocenters. The van der Waals surface area contributed by atoms with Gasteiger partial charge in [0.2, 0.25) is 0 Å². The molecule has 2 rings (SSSR count). The number of hydrogen-bond donors (Lipinski definition) is 0. The molecule has 0 amide bonds. The van der Waals surface area contributed by atoms with Crippen LogP contribution < -0.4 is 0 Å². The van der Waals surface area contributed by atoms with Gasteiger partial charge in [0.15, 0.2) is 5.69 Å². The number of nitriles is 1. The molecule has 0 aliphatic heterocycles. The highest BCUT2D eigenvalue weighted by Gasteiger charge is 1.99. The molecule has 0 radical (unpaired) electrons. The number of benzene rings is 1. The van der Waals surface area contributed by atoms with Crippen molar-refractivity contribution < 1.29 is 4.39 Å². The van der Waals surface area contributed by atoms with Crippen LogP contribution >= 0.6 is 0 Å². The van der Waals surface area contributed by atoms with Crippen LogP contribution in [0.2, 0.25) is 0 Å². The van der Waals surface area contributed by atoms with Crippen molar-refractivity contribution in [2.24, 2.45) is 0 Å². The van der Waals surface area contributed by atoms with Gasteiger partial charge in [-0.3, -0.25) is 0 Å². The second-order valence-corrected chi connectivity index (χ2v) is 2.73. The number of nitrogens with zero attached hydrogens (tertiary/aromatic N) is 3. The van der Waals surface area contributed by atoms with Crippen molar-refractivity contribution in [2.75, 3.05) is 0 Å². The average Bonchev–Trinajstić information content (AvgIpc) is 2.67. The molecule has 0 spiro atoms. The van der Waals surface area contributed by atoms with E-state index < -0.39 is 0 Å². The van der Waals surface area contributed by atoms with E-state index in [1.54, 1.807) is 24.4 Å². The van der Waals surface area contributed by atoms with Gasteiger partial charge in [0.1, 0.15) is 11.9 Å². The minimum absolute atomic E-state index is 0.290. The second kappa shape index (κ2) is 3.30. The summed E-state index contributed by atoms with van der Waals surface area (Å²) in [4.78, 5) is 0.